The number of aliphatic hydroxyl groups is 1. The molecular weight excluding hydrogens is 330 g/mol. The van der Waals surface area contributed by atoms with Gasteiger partial charge in [0.25, 0.3) is 0 Å². The van der Waals surface area contributed by atoms with Gasteiger partial charge in [-0.1, -0.05) is 36.4 Å². The van der Waals surface area contributed by atoms with Crippen LogP contribution in [0.1, 0.15) is 37.0 Å². The van der Waals surface area contributed by atoms with Crippen molar-refractivity contribution in [2.24, 2.45) is 0 Å². The molecule has 5 nitrogen and oxygen atoms in total. The summed E-state index contributed by atoms with van der Waals surface area (Å²) in [4.78, 5) is 14.5. The van der Waals surface area contributed by atoms with Gasteiger partial charge in [0.2, 0.25) is 5.91 Å². The molecule has 5 heteroatoms. The number of carbonyl (C=O) groups excluding carboxylic acids is 1. The van der Waals surface area contributed by atoms with E-state index in [2.05, 4.69) is 0 Å². The molecule has 0 aliphatic rings. The quantitative estimate of drug-likeness (QED) is 0.825. The number of aliphatic hydroxyl groups excluding tert-OH is 1. The lowest BCUT2D eigenvalue weighted by Crippen LogP contribution is -2.41. The van der Waals surface area contributed by atoms with Crippen LogP contribution in [0.5, 0.6) is 11.5 Å². The fraction of sp³-hybridized carbons (Fsp3) is 0.381. The number of amides is 1. The van der Waals surface area contributed by atoms with E-state index in [1.807, 2.05) is 56.3 Å². The monoisotopic (exact) mass is 357 g/mol. The fourth-order valence-corrected chi connectivity index (χ4v) is 2.91. The van der Waals surface area contributed by atoms with Crippen LogP contribution in [-0.4, -0.2) is 43.2 Å². The van der Waals surface area contributed by atoms with Gasteiger partial charge in [0, 0.05) is 7.05 Å². The number of methoxy groups -OCH3 is 2. The van der Waals surface area contributed by atoms with Crippen LogP contribution in [0, 0.1) is 0 Å². The second-order valence-electron chi connectivity index (χ2n) is 6.38. The normalized spacial score (nSPS) is 14.2. The molecule has 26 heavy (non-hydrogen) atoms. The molecule has 0 spiro atoms. The molecule has 0 unspecified atom stereocenters. The van der Waals surface area contributed by atoms with E-state index in [1.54, 1.807) is 32.2 Å². The maximum absolute atomic E-state index is 12.9. The smallest absolute Gasteiger partial charge is 0.229 e. The zero-order valence-electron chi connectivity index (χ0n) is 16.0. The number of carbonyl (C=O) groups is 1. The molecule has 0 bridgehead atoms. The first-order valence-electron chi connectivity index (χ1n) is 8.62. The first kappa shape index (κ1) is 19.8. The number of likely N-dealkylation sites (N-methyl/N-ethyl adjacent to an activating group) is 1. The van der Waals surface area contributed by atoms with Gasteiger partial charge in [-0.3, -0.25) is 4.79 Å². The molecule has 0 saturated carbocycles. The Labute approximate surface area is 155 Å². The van der Waals surface area contributed by atoms with Crippen LogP contribution in [0.15, 0.2) is 48.5 Å². The minimum atomic E-state index is -0.747. The summed E-state index contributed by atoms with van der Waals surface area (Å²) in [5.74, 6) is 0.770. The lowest BCUT2D eigenvalue weighted by atomic mass is 9.97. The maximum Gasteiger partial charge on any atom is 0.229 e. The van der Waals surface area contributed by atoms with Crippen molar-refractivity contribution in [3.8, 4) is 11.5 Å². The highest BCUT2D eigenvalue weighted by atomic mass is 16.5. The van der Waals surface area contributed by atoms with Crippen molar-refractivity contribution in [2.45, 2.75) is 31.9 Å². The first-order chi connectivity index (χ1) is 12.4. The number of benzene rings is 2. The molecule has 0 aliphatic heterocycles. The van der Waals surface area contributed by atoms with Crippen LogP contribution in [0.4, 0.5) is 0 Å². The molecule has 3 atom stereocenters. The van der Waals surface area contributed by atoms with E-state index in [4.69, 9.17) is 9.47 Å². The topological polar surface area (TPSA) is 59.0 Å². The van der Waals surface area contributed by atoms with E-state index in [0.29, 0.717) is 11.5 Å². The van der Waals surface area contributed by atoms with E-state index in [-0.39, 0.29) is 17.9 Å². The van der Waals surface area contributed by atoms with Crippen LogP contribution in [0.25, 0.3) is 0 Å². The minimum Gasteiger partial charge on any atom is -0.493 e. The standard InChI is InChI=1S/C21H27NO4/c1-14(17-11-12-18(25-4)19(13-17)26-5)21(24)22(3)15(2)20(23)16-9-7-6-8-10-16/h6-15,20,23H,1-5H3/t14-,15-,20+/m0/s1. The van der Waals surface area contributed by atoms with Crippen LogP contribution in [0.3, 0.4) is 0 Å². The number of rotatable bonds is 7. The number of hydrogen-bond donors (Lipinski definition) is 1. The lowest BCUT2D eigenvalue weighted by Gasteiger charge is -2.31. The number of hydrogen-bond acceptors (Lipinski definition) is 4. The van der Waals surface area contributed by atoms with Crippen molar-refractivity contribution < 1.29 is 19.4 Å². The zero-order chi connectivity index (χ0) is 19.3. The van der Waals surface area contributed by atoms with Gasteiger partial charge in [-0.05, 0) is 37.1 Å². The van der Waals surface area contributed by atoms with Crippen molar-refractivity contribution in [1.82, 2.24) is 4.90 Å². The Morgan fingerprint density at radius 3 is 2.15 bits per heavy atom. The first-order valence-corrected chi connectivity index (χ1v) is 8.62. The molecule has 0 aliphatic carbocycles. The molecule has 0 radical (unpaired) electrons. The molecular formula is C21H27NO4. The molecule has 0 saturated heterocycles. The van der Waals surface area contributed by atoms with Gasteiger partial charge in [-0.15, -0.1) is 0 Å². The van der Waals surface area contributed by atoms with Crippen LogP contribution in [-0.2, 0) is 4.79 Å². The highest BCUT2D eigenvalue weighted by Crippen LogP contribution is 2.32. The third kappa shape index (κ3) is 4.17. The van der Waals surface area contributed by atoms with Crippen molar-refractivity contribution in [1.29, 1.82) is 0 Å². The SMILES string of the molecule is COc1ccc([C@H](C)C(=O)N(C)[C@@H](C)[C@@H](O)c2ccccc2)cc1OC. The largest absolute Gasteiger partial charge is 0.493 e. The van der Waals surface area contributed by atoms with Crippen molar-refractivity contribution in [3.63, 3.8) is 0 Å². The molecule has 0 heterocycles. The van der Waals surface area contributed by atoms with Crippen molar-refractivity contribution in [2.75, 3.05) is 21.3 Å². The Kier molecular flexibility index (Phi) is 6.64. The third-order valence-electron chi connectivity index (χ3n) is 4.83. The van der Waals surface area contributed by atoms with Gasteiger partial charge in [-0.2, -0.15) is 0 Å². The number of ether oxygens (including phenoxy) is 2. The van der Waals surface area contributed by atoms with Gasteiger partial charge in [-0.25, -0.2) is 0 Å². The molecule has 0 aromatic heterocycles. The van der Waals surface area contributed by atoms with E-state index >= 15 is 0 Å². The average Bonchev–Trinajstić information content (AvgIpc) is 2.70. The molecule has 1 N–H and O–H groups in total. The molecule has 1 amide bonds. The van der Waals surface area contributed by atoms with Gasteiger partial charge >= 0.3 is 0 Å². The summed E-state index contributed by atoms with van der Waals surface area (Å²) in [5.41, 5.74) is 1.62. The third-order valence-corrected chi connectivity index (χ3v) is 4.83. The highest BCUT2D eigenvalue weighted by Gasteiger charge is 2.28. The van der Waals surface area contributed by atoms with E-state index in [9.17, 15) is 9.90 Å². The Morgan fingerprint density at radius 2 is 1.58 bits per heavy atom. The molecule has 0 fully saturated rings. The van der Waals surface area contributed by atoms with Crippen LogP contribution >= 0.6 is 0 Å². The summed E-state index contributed by atoms with van der Waals surface area (Å²) in [6.07, 6.45) is -0.747. The lowest BCUT2D eigenvalue weighted by molar-refractivity contribution is -0.135. The van der Waals surface area contributed by atoms with Gasteiger partial charge < -0.3 is 19.5 Å². The van der Waals surface area contributed by atoms with Crippen molar-refractivity contribution in [3.05, 3.63) is 59.7 Å². The van der Waals surface area contributed by atoms with E-state index in [0.717, 1.165) is 11.1 Å². The van der Waals surface area contributed by atoms with Crippen molar-refractivity contribution >= 4 is 5.91 Å². The highest BCUT2D eigenvalue weighted by molar-refractivity contribution is 5.83. The Balaban J connectivity index is 2.16. The predicted octanol–water partition coefficient (Wildman–Crippen LogP) is 3.39. The second kappa shape index (κ2) is 8.72. The Morgan fingerprint density at radius 1 is 0.962 bits per heavy atom. The predicted molar refractivity (Wildman–Crippen MR) is 102 cm³/mol. The zero-order valence-corrected chi connectivity index (χ0v) is 16.0. The van der Waals surface area contributed by atoms with Crippen LogP contribution in [0.2, 0.25) is 0 Å². The summed E-state index contributed by atoms with van der Waals surface area (Å²) in [6, 6.07) is 14.5. The van der Waals surface area contributed by atoms with Gasteiger partial charge in [0.1, 0.15) is 0 Å². The summed E-state index contributed by atoms with van der Waals surface area (Å²) >= 11 is 0. The Bertz CT molecular complexity index is 732. The minimum absolute atomic E-state index is 0.0697. The Hall–Kier alpha value is -2.53. The fourth-order valence-electron chi connectivity index (χ4n) is 2.91. The molecule has 140 valence electrons. The second-order valence-corrected chi connectivity index (χ2v) is 6.38. The summed E-state index contributed by atoms with van der Waals surface area (Å²) in [5, 5.41) is 10.6. The van der Waals surface area contributed by atoms with E-state index < -0.39 is 6.10 Å². The summed E-state index contributed by atoms with van der Waals surface area (Å²) < 4.78 is 10.6. The summed E-state index contributed by atoms with van der Waals surface area (Å²) in [7, 11) is 4.86. The van der Waals surface area contributed by atoms with Gasteiger partial charge in [0.15, 0.2) is 11.5 Å². The molecule has 2 rings (SSSR count). The molecule has 2 aromatic carbocycles. The average molecular weight is 357 g/mol. The maximum atomic E-state index is 12.9. The van der Waals surface area contributed by atoms with Crippen LogP contribution < -0.4 is 9.47 Å². The summed E-state index contributed by atoms with van der Waals surface area (Å²) in [6.45, 7) is 3.69. The van der Waals surface area contributed by atoms with Gasteiger partial charge in [0.05, 0.1) is 32.3 Å². The van der Waals surface area contributed by atoms with E-state index in [1.165, 1.54) is 0 Å². The number of nitrogens with zero attached hydrogens (tertiary/aromatic N) is 1. The molecule has 2 aromatic rings.